The molecule has 0 aliphatic rings. The molecule has 0 unspecified atom stereocenters. The van der Waals surface area contributed by atoms with Gasteiger partial charge in [0.25, 0.3) is 0 Å². The van der Waals surface area contributed by atoms with Gasteiger partial charge in [-0.3, -0.25) is 4.99 Å². The summed E-state index contributed by atoms with van der Waals surface area (Å²) in [7, 11) is 4.08. The van der Waals surface area contributed by atoms with Crippen LogP contribution in [0.25, 0.3) is 0 Å². The largest absolute Gasteiger partial charge is 0.378 e. The van der Waals surface area contributed by atoms with Crippen molar-refractivity contribution in [1.82, 2.24) is 0 Å². The molecule has 15 heavy (non-hydrogen) atoms. The van der Waals surface area contributed by atoms with Gasteiger partial charge in [0.2, 0.25) is 0 Å². The van der Waals surface area contributed by atoms with E-state index in [9.17, 15) is 0 Å². The van der Waals surface area contributed by atoms with E-state index in [1.807, 2.05) is 20.3 Å². The molecule has 0 radical (unpaired) electrons. The molecule has 1 aromatic carbocycles. The zero-order valence-corrected chi connectivity index (χ0v) is 9.90. The van der Waals surface area contributed by atoms with Crippen LogP contribution in [0.3, 0.4) is 0 Å². The van der Waals surface area contributed by atoms with Gasteiger partial charge in [0.1, 0.15) is 0 Å². The van der Waals surface area contributed by atoms with E-state index in [1.165, 1.54) is 18.5 Å². The van der Waals surface area contributed by atoms with E-state index in [-0.39, 0.29) is 0 Å². The van der Waals surface area contributed by atoms with Crippen molar-refractivity contribution < 1.29 is 0 Å². The number of rotatable bonds is 5. The van der Waals surface area contributed by atoms with Gasteiger partial charge in [-0.1, -0.05) is 13.3 Å². The quantitative estimate of drug-likeness (QED) is 0.528. The van der Waals surface area contributed by atoms with Crippen molar-refractivity contribution in [3.63, 3.8) is 0 Å². The number of anilines is 1. The summed E-state index contributed by atoms with van der Waals surface area (Å²) in [6, 6.07) is 8.29. The fraction of sp³-hybridized carbons (Fsp3) is 0.462. The predicted molar refractivity (Wildman–Crippen MR) is 68.4 cm³/mol. The van der Waals surface area contributed by atoms with Gasteiger partial charge < -0.3 is 4.90 Å². The molecule has 0 fully saturated rings. The lowest BCUT2D eigenvalue weighted by Crippen LogP contribution is -2.07. The Labute approximate surface area is 92.6 Å². The van der Waals surface area contributed by atoms with Gasteiger partial charge in [0, 0.05) is 26.0 Å². The molecule has 0 aliphatic heterocycles. The lowest BCUT2D eigenvalue weighted by Gasteiger charge is -2.11. The second-order valence-corrected chi connectivity index (χ2v) is 3.86. The molecule has 82 valence electrons. The summed E-state index contributed by atoms with van der Waals surface area (Å²) < 4.78 is 0. The van der Waals surface area contributed by atoms with Gasteiger partial charge >= 0.3 is 0 Å². The van der Waals surface area contributed by atoms with Gasteiger partial charge in [0.15, 0.2) is 0 Å². The fourth-order valence-electron chi connectivity index (χ4n) is 1.30. The lowest BCUT2D eigenvalue weighted by molar-refractivity contribution is 0.843. The molecule has 0 atom stereocenters. The Morgan fingerprint density at radius 3 is 2.40 bits per heavy atom. The summed E-state index contributed by atoms with van der Waals surface area (Å²) in [6.07, 6.45) is 5.53. The normalized spacial score (nSPS) is 10.9. The van der Waals surface area contributed by atoms with Crippen molar-refractivity contribution in [2.45, 2.75) is 26.2 Å². The third kappa shape index (κ3) is 4.15. The standard InChI is InChI=1S/C13H20N2/c1-4-5-6-11-14-12-7-9-13(10-8-12)15(2)3/h7-11H,4-6H2,1-3H3. The zero-order chi connectivity index (χ0) is 11.1. The van der Waals surface area contributed by atoms with Crippen molar-refractivity contribution in [3.8, 4) is 0 Å². The Morgan fingerprint density at radius 1 is 1.20 bits per heavy atom. The summed E-state index contributed by atoms with van der Waals surface area (Å²) >= 11 is 0. The molecule has 0 spiro atoms. The number of benzene rings is 1. The fourth-order valence-corrected chi connectivity index (χ4v) is 1.30. The summed E-state index contributed by atoms with van der Waals surface area (Å²) in [5.41, 5.74) is 2.25. The number of unbranched alkanes of at least 4 members (excludes halogenated alkanes) is 2. The van der Waals surface area contributed by atoms with E-state index in [0.29, 0.717) is 0 Å². The first-order valence-corrected chi connectivity index (χ1v) is 5.54. The minimum Gasteiger partial charge on any atom is -0.378 e. The molecule has 2 heteroatoms. The SMILES string of the molecule is CCCCC=Nc1ccc(N(C)C)cc1. The van der Waals surface area contributed by atoms with Crippen LogP contribution in [0.5, 0.6) is 0 Å². The van der Waals surface area contributed by atoms with Crippen LogP contribution in [0.2, 0.25) is 0 Å². The molecule has 0 N–H and O–H groups in total. The summed E-state index contributed by atoms with van der Waals surface area (Å²) in [6.45, 7) is 2.19. The van der Waals surface area contributed by atoms with Crippen LogP contribution in [0.1, 0.15) is 26.2 Å². The van der Waals surface area contributed by atoms with Gasteiger partial charge in [-0.2, -0.15) is 0 Å². The first kappa shape index (κ1) is 11.8. The van der Waals surface area contributed by atoms with Gasteiger partial charge in [-0.15, -0.1) is 0 Å². The molecule has 2 nitrogen and oxygen atoms in total. The third-order valence-electron chi connectivity index (χ3n) is 2.29. The van der Waals surface area contributed by atoms with Crippen molar-refractivity contribution >= 4 is 17.6 Å². The van der Waals surface area contributed by atoms with Crippen LogP contribution >= 0.6 is 0 Å². The average Bonchev–Trinajstić information content (AvgIpc) is 2.25. The maximum atomic E-state index is 4.40. The highest BCUT2D eigenvalue weighted by Crippen LogP contribution is 2.17. The van der Waals surface area contributed by atoms with Crippen molar-refractivity contribution in [1.29, 1.82) is 0 Å². The van der Waals surface area contributed by atoms with E-state index in [1.54, 1.807) is 0 Å². The molecule has 0 aromatic heterocycles. The predicted octanol–water partition coefficient (Wildman–Crippen LogP) is 3.65. The van der Waals surface area contributed by atoms with Crippen LogP contribution in [-0.2, 0) is 0 Å². The maximum Gasteiger partial charge on any atom is 0.0627 e. The second-order valence-electron chi connectivity index (χ2n) is 3.86. The van der Waals surface area contributed by atoms with E-state index in [4.69, 9.17) is 0 Å². The Morgan fingerprint density at radius 2 is 1.87 bits per heavy atom. The lowest BCUT2D eigenvalue weighted by atomic mass is 10.2. The molecule has 0 saturated heterocycles. The number of aliphatic imine (C=N–C) groups is 1. The molecule has 1 rings (SSSR count). The number of hydrogen-bond acceptors (Lipinski definition) is 2. The Bertz CT molecular complexity index is 299. The van der Waals surface area contributed by atoms with Crippen molar-refractivity contribution in [2.24, 2.45) is 4.99 Å². The Balaban J connectivity index is 2.53. The van der Waals surface area contributed by atoms with E-state index >= 15 is 0 Å². The zero-order valence-electron chi connectivity index (χ0n) is 9.90. The summed E-state index contributed by atoms with van der Waals surface area (Å²) in [4.78, 5) is 6.49. The molecule has 0 saturated carbocycles. The van der Waals surface area contributed by atoms with Gasteiger partial charge in [-0.25, -0.2) is 0 Å². The second kappa shape index (κ2) is 6.23. The average molecular weight is 204 g/mol. The molecular weight excluding hydrogens is 184 g/mol. The molecule has 0 bridgehead atoms. The van der Waals surface area contributed by atoms with E-state index in [2.05, 4.69) is 41.1 Å². The molecule has 0 amide bonds. The van der Waals surface area contributed by atoms with Crippen LogP contribution in [0.15, 0.2) is 29.3 Å². The van der Waals surface area contributed by atoms with E-state index < -0.39 is 0 Å². The summed E-state index contributed by atoms with van der Waals surface area (Å²) in [5, 5.41) is 0. The Kier molecular flexibility index (Phi) is 4.88. The Hall–Kier alpha value is -1.31. The maximum absolute atomic E-state index is 4.40. The number of hydrogen-bond donors (Lipinski definition) is 0. The van der Waals surface area contributed by atoms with Crippen molar-refractivity contribution in [3.05, 3.63) is 24.3 Å². The van der Waals surface area contributed by atoms with Crippen LogP contribution in [0.4, 0.5) is 11.4 Å². The first-order valence-electron chi connectivity index (χ1n) is 5.54. The first-order chi connectivity index (χ1) is 7.24. The third-order valence-corrected chi connectivity index (χ3v) is 2.29. The van der Waals surface area contributed by atoms with Crippen LogP contribution in [0, 0.1) is 0 Å². The highest BCUT2D eigenvalue weighted by molar-refractivity contribution is 5.64. The number of nitrogens with zero attached hydrogens (tertiary/aromatic N) is 2. The topological polar surface area (TPSA) is 15.6 Å². The van der Waals surface area contributed by atoms with E-state index in [0.717, 1.165) is 12.1 Å². The monoisotopic (exact) mass is 204 g/mol. The van der Waals surface area contributed by atoms with Gasteiger partial charge in [-0.05, 0) is 37.1 Å². The van der Waals surface area contributed by atoms with Gasteiger partial charge in [0.05, 0.1) is 5.69 Å². The smallest absolute Gasteiger partial charge is 0.0627 e. The molecule has 1 aromatic rings. The molecular formula is C13H20N2. The highest BCUT2D eigenvalue weighted by Gasteiger charge is 1.93. The van der Waals surface area contributed by atoms with Crippen LogP contribution < -0.4 is 4.90 Å². The molecule has 0 aliphatic carbocycles. The minimum atomic E-state index is 1.04. The molecule has 0 heterocycles. The highest BCUT2D eigenvalue weighted by atomic mass is 15.1. The minimum absolute atomic E-state index is 1.04. The van der Waals surface area contributed by atoms with Crippen LogP contribution in [-0.4, -0.2) is 20.3 Å². The summed E-state index contributed by atoms with van der Waals surface area (Å²) in [5.74, 6) is 0. The van der Waals surface area contributed by atoms with Crippen molar-refractivity contribution in [2.75, 3.05) is 19.0 Å².